The first-order valence-electron chi connectivity index (χ1n) is 6.47. The van der Waals surface area contributed by atoms with Gasteiger partial charge in [-0.05, 0) is 34.6 Å². The van der Waals surface area contributed by atoms with Gasteiger partial charge in [-0.25, -0.2) is 0 Å². The highest BCUT2D eigenvalue weighted by molar-refractivity contribution is 5.77. The van der Waals surface area contributed by atoms with E-state index in [1.165, 1.54) is 0 Å². The maximum Gasteiger partial charge on any atom is 0.222 e. The van der Waals surface area contributed by atoms with Crippen LogP contribution in [0.4, 0.5) is 0 Å². The lowest BCUT2D eigenvalue weighted by Crippen LogP contribution is -2.55. The summed E-state index contributed by atoms with van der Waals surface area (Å²) in [5.74, 6) is 0.140. The molecule has 1 heterocycles. The van der Waals surface area contributed by atoms with Crippen molar-refractivity contribution < 1.29 is 4.79 Å². The van der Waals surface area contributed by atoms with E-state index in [9.17, 15) is 4.79 Å². The molecule has 0 radical (unpaired) electrons. The third-order valence-electron chi connectivity index (χ3n) is 3.08. The first kappa shape index (κ1) is 14.5. The van der Waals surface area contributed by atoms with Crippen molar-refractivity contribution in [3.63, 3.8) is 0 Å². The Balaban J connectivity index is 2.50. The molecule has 17 heavy (non-hydrogen) atoms. The summed E-state index contributed by atoms with van der Waals surface area (Å²) in [6.07, 6.45) is 0.560. The molecule has 0 aliphatic carbocycles. The summed E-state index contributed by atoms with van der Waals surface area (Å²) in [6, 6.07) is 0. The van der Waals surface area contributed by atoms with Crippen LogP contribution < -0.4 is 10.6 Å². The largest absolute Gasteiger partial charge is 0.351 e. The van der Waals surface area contributed by atoms with Crippen LogP contribution in [0.5, 0.6) is 0 Å². The molecular formula is C13H27N3O. The molecule has 0 aromatic heterocycles. The van der Waals surface area contributed by atoms with Crippen LogP contribution in [0.25, 0.3) is 0 Å². The molecule has 1 rings (SSSR count). The molecule has 0 atom stereocenters. The van der Waals surface area contributed by atoms with E-state index >= 15 is 0 Å². The molecule has 0 unspecified atom stereocenters. The maximum absolute atomic E-state index is 12.0. The number of hydrogen-bond acceptors (Lipinski definition) is 3. The predicted molar refractivity (Wildman–Crippen MR) is 71.0 cm³/mol. The second kappa shape index (κ2) is 5.36. The number of nitrogens with one attached hydrogen (secondary N) is 2. The lowest BCUT2D eigenvalue weighted by molar-refractivity contribution is -0.125. The van der Waals surface area contributed by atoms with Crippen molar-refractivity contribution in [2.45, 2.75) is 52.1 Å². The predicted octanol–water partition coefficient (Wildman–Crippen LogP) is 0.975. The van der Waals surface area contributed by atoms with E-state index < -0.39 is 0 Å². The third kappa shape index (κ3) is 5.04. The highest BCUT2D eigenvalue weighted by Crippen LogP contribution is 2.19. The molecule has 0 saturated carbocycles. The summed E-state index contributed by atoms with van der Waals surface area (Å²) in [6.45, 7) is 14.4. The first-order valence-corrected chi connectivity index (χ1v) is 6.47. The van der Waals surface area contributed by atoms with Crippen molar-refractivity contribution in [3.8, 4) is 0 Å². The van der Waals surface area contributed by atoms with Crippen LogP contribution in [-0.4, -0.2) is 48.1 Å². The Morgan fingerprint density at radius 2 is 1.71 bits per heavy atom. The van der Waals surface area contributed by atoms with Gasteiger partial charge in [-0.1, -0.05) is 0 Å². The Labute approximate surface area is 105 Å². The van der Waals surface area contributed by atoms with Gasteiger partial charge in [-0.3, -0.25) is 9.69 Å². The van der Waals surface area contributed by atoms with E-state index in [1.54, 1.807) is 0 Å². The molecule has 100 valence electrons. The molecule has 1 amide bonds. The second-order valence-corrected chi connectivity index (χ2v) is 6.52. The summed E-state index contributed by atoms with van der Waals surface area (Å²) in [5.41, 5.74) is -0.200. The minimum atomic E-state index is -0.142. The van der Waals surface area contributed by atoms with Crippen molar-refractivity contribution in [2.24, 2.45) is 0 Å². The van der Waals surface area contributed by atoms with E-state index in [4.69, 9.17) is 0 Å². The summed E-state index contributed by atoms with van der Waals surface area (Å²) in [7, 11) is 0. The van der Waals surface area contributed by atoms with Gasteiger partial charge in [0, 0.05) is 43.7 Å². The molecule has 1 aliphatic heterocycles. The van der Waals surface area contributed by atoms with E-state index in [0.29, 0.717) is 6.42 Å². The third-order valence-corrected chi connectivity index (χ3v) is 3.08. The number of piperazine rings is 1. The standard InChI is InChI=1S/C13H27N3O/c1-12(2,3)15-11(17)10-13(4,5)16-8-6-14-7-9-16/h14H,6-10H2,1-5H3,(H,15,17). The zero-order valence-electron chi connectivity index (χ0n) is 11.9. The summed E-state index contributed by atoms with van der Waals surface area (Å²) in [4.78, 5) is 14.4. The topological polar surface area (TPSA) is 44.4 Å². The van der Waals surface area contributed by atoms with Gasteiger partial charge in [0.1, 0.15) is 0 Å². The maximum atomic E-state index is 12.0. The van der Waals surface area contributed by atoms with Crippen molar-refractivity contribution in [1.82, 2.24) is 15.5 Å². The molecule has 4 nitrogen and oxygen atoms in total. The van der Waals surface area contributed by atoms with Crippen LogP contribution in [0.15, 0.2) is 0 Å². The van der Waals surface area contributed by atoms with Crippen LogP contribution in [0.2, 0.25) is 0 Å². The summed E-state index contributed by atoms with van der Waals surface area (Å²) < 4.78 is 0. The fourth-order valence-electron chi connectivity index (χ4n) is 2.24. The molecular weight excluding hydrogens is 214 g/mol. The Morgan fingerprint density at radius 1 is 1.18 bits per heavy atom. The number of nitrogens with zero attached hydrogens (tertiary/aromatic N) is 1. The Morgan fingerprint density at radius 3 is 2.18 bits per heavy atom. The van der Waals surface area contributed by atoms with Gasteiger partial charge in [-0.15, -0.1) is 0 Å². The molecule has 0 aromatic rings. The highest BCUT2D eigenvalue weighted by atomic mass is 16.1. The van der Waals surface area contributed by atoms with Crippen LogP contribution in [0.1, 0.15) is 41.0 Å². The molecule has 0 spiro atoms. The Bertz CT molecular complexity index is 262. The van der Waals surface area contributed by atoms with E-state index in [2.05, 4.69) is 29.4 Å². The quantitative estimate of drug-likeness (QED) is 0.774. The van der Waals surface area contributed by atoms with E-state index in [0.717, 1.165) is 26.2 Å². The SMILES string of the molecule is CC(C)(C)NC(=O)CC(C)(C)N1CCNCC1. The van der Waals surface area contributed by atoms with Gasteiger partial charge in [0.15, 0.2) is 0 Å². The van der Waals surface area contributed by atoms with Crippen LogP contribution in [0, 0.1) is 0 Å². The van der Waals surface area contributed by atoms with Gasteiger partial charge in [0.2, 0.25) is 5.91 Å². The number of carbonyl (C=O) groups is 1. The van der Waals surface area contributed by atoms with Crippen molar-refractivity contribution in [1.29, 1.82) is 0 Å². The van der Waals surface area contributed by atoms with Crippen molar-refractivity contribution >= 4 is 5.91 Å². The minimum absolute atomic E-state index is 0.0581. The fraction of sp³-hybridized carbons (Fsp3) is 0.923. The molecule has 1 saturated heterocycles. The summed E-state index contributed by atoms with van der Waals surface area (Å²) >= 11 is 0. The van der Waals surface area contributed by atoms with Gasteiger partial charge in [0.05, 0.1) is 0 Å². The van der Waals surface area contributed by atoms with Gasteiger partial charge in [0.25, 0.3) is 0 Å². The molecule has 4 heteroatoms. The Kier molecular flexibility index (Phi) is 4.55. The van der Waals surface area contributed by atoms with Gasteiger partial charge in [-0.2, -0.15) is 0 Å². The molecule has 0 bridgehead atoms. The second-order valence-electron chi connectivity index (χ2n) is 6.52. The zero-order valence-corrected chi connectivity index (χ0v) is 11.9. The number of hydrogen-bond donors (Lipinski definition) is 2. The molecule has 1 aliphatic rings. The first-order chi connectivity index (χ1) is 7.71. The molecule has 1 fully saturated rings. The zero-order chi connectivity index (χ0) is 13.1. The minimum Gasteiger partial charge on any atom is -0.351 e. The summed E-state index contributed by atoms with van der Waals surface area (Å²) in [5, 5.41) is 6.37. The lowest BCUT2D eigenvalue weighted by Gasteiger charge is -2.41. The van der Waals surface area contributed by atoms with Crippen molar-refractivity contribution in [3.05, 3.63) is 0 Å². The number of carbonyl (C=O) groups excluding carboxylic acids is 1. The smallest absolute Gasteiger partial charge is 0.222 e. The van der Waals surface area contributed by atoms with Crippen molar-refractivity contribution in [2.75, 3.05) is 26.2 Å². The molecule has 0 aromatic carbocycles. The molecule has 2 N–H and O–H groups in total. The fourth-order valence-corrected chi connectivity index (χ4v) is 2.24. The van der Waals surface area contributed by atoms with E-state index in [1.807, 2.05) is 20.8 Å². The van der Waals surface area contributed by atoms with E-state index in [-0.39, 0.29) is 17.0 Å². The number of amides is 1. The monoisotopic (exact) mass is 241 g/mol. The average molecular weight is 241 g/mol. The van der Waals surface area contributed by atoms with Gasteiger partial charge >= 0.3 is 0 Å². The number of rotatable bonds is 3. The Hall–Kier alpha value is -0.610. The average Bonchev–Trinajstić information content (AvgIpc) is 2.15. The van der Waals surface area contributed by atoms with Crippen LogP contribution >= 0.6 is 0 Å². The van der Waals surface area contributed by atoms with Crippen LogP contribution in [0.3, 0.4) is 0 Å². The van der Waals surface area contributed by atoms with Crippen LogP contribution in [-0.2, 0) is 4.79 Å². The van der Waals surface area contributed by atoms with Gasteiger partial charge < -0.3 is 10.6 Å². The highest BCUT2D eigenvalue weighted by Gasteiger charge is 2.31. The lowest BCUT2D eigenvalue weighted by atomic mass is 9.95. The normalized spacial score (nSPS) is 19.1.